The highest BCUT2D eigenvalue weighted by Gasteiger charge is 2.27. The van der Waals surface area contributed by atoms with Crippen molar-refractivity contribution in [3.63, 3.8) is 0 Å². The van der Waals surface area contributed by atoms with Gasteiger partial charge in [-0.15, -0.1) is 13.2 Å². The Labute approximate surface area is 227 Å². The first-order valence-electron chi connectivity index (χ1n) is 12.9. The van der Waals surface area contributed by atoms with Crippen molar-refractivity contribution >= 4 is 5.97 Å². The lowest BCUT2D eigenvalue weighted by Gasteiger charge is -2.28. The van der Waals surface area contributed by atoms with E-state index in [9.17, 15) is 4.79 Å². The molecule has 0 saturated heterocycles. The van der Waals surface area contributed by atoms with E-state index in [0.717, 1.165) is 23.3 Å². The molecule has 3 atom stereocenters. The van der Waals surface area contributed by atoms with Gasteiger partial charge in [-0.1, -0.05) is 43.3 Å². The van der Waals surface area contributed by atoms with Gasteiger partial charge >= 0.3 is 5.97 Å². The molecule has 208 valence electrons. The van der Waals surface area contributed by atoms with Crippen molar-refractivity contribution in [2.45, 2.75) is 51.4 Å². The van der Waals surface area contributed by atoms with Crippen LogP contribution in [0.4, 0.5) is 0 Å². The molecule has 0 amide bonds. The smallest absolute Gasteiger partial charge is 0.342 e. The number of carbonyl (C=O) groups is 1. The van der Waals surface area contributed by atoms with E-state index in [1.54, 1.807) is 33.5 Å². The molecule has 0 aliphatic heterocycles. The standard InChI is InChI=1S/C31H42O7/c1-7-10-23(3)29(37-22-33-4)20-27(18-19-36-21-24-14-16-26(34-5)17-15-24)38-31(32)30-25(11-8-2)12-9-13-28(30)35-6/h7-9,12-17,23,27,29H,1-2,10-11,18-22H2,3-6H3/t23-,27?,29+/m0/s1. The maximum absolute atomic E-state index is 13.5. The molecule has 0 N–H and O–H groups in total. The van der Waals surface area contributed by atoms with Gasteiger partial charge in [-0.3, -0.25) is 0 Å². The second-order valence-electron chi connectivity index (χ2n) is 9.05. The Hall–Kier alpha value is -3.13. The molecule has 0 spiro atoms. The minimum Gasteiger partial charge on any atom is -0.497 e. The summed E-state index contributed by atoms with van der Waals surface area (Å²) >= 11 is 0. The molecule has 0 aromatic heterocycles. The first kappa shape index (κ1) is 31.1. The highest BCUT2D eigenvalue weighted by Crippen LogP contribution is 2.27. The number of rotatable bonds is 19. The Kier molecular flexibility index (Phi) is 14.2. The highest BCUT2D eigenvalue weighted by molar-refractivity contribution is 5.94. The van der Waals surface area contributed by atoms with Crippen LogP contribution in [-0.2, 0) is 32.0 Å². The van der Waals surface area contributed by atoms with E-state index >= 15 is 0 Å². The monoisotopic (exact) mass is 526 g/mol. The minimum absolute atomic E-state index is 0.150. The Morgan fingerprint density at radius 1 is 1.00 bits per heavy atom. The number of hydrogen-bond acceptors (Lipinski definition) is 7. The van der Waals surface area contributed by atoms with Crippen molar-refractivity contribution in [2.24, 2.45) is 5.92 Å². The van der Waals surface area contributed by atoms with Crippen molar-refractivity contribution in [1.29, 1.82) is 0 Å². The van der Waals surface area contributed by atoms with Crippen LogP contribution in [0.1, 0.15) is 47.7 Å². The first-order chi connectivity index (χ1) is 18.5. The van der Waals surface area contributed by atoms with Gasteiger partial charge in [-0.2, -0.15) is 0 Å². The molecule has 2 aromatic carbocycles. The number of esters is 1. The minimum atomic E-state index is -0.450. The fourth-order valence-electron chi connectivity index (χ4n) is 4.16. The molecule has 38 heavy (non-hydrogen) atoms. The van der Waals surface area contributed by atoms with Gasteiger partial charge in [-0.05, 0) is 48.1 Å². The predicted molar refractivity (Wildman–Crippen MR) is 149 cm³/mol. The second-order valence-corrected chi connectivity index (χ2v) is 9.05. The van der Waals surface area contributed by atoms with E-state index in [0.29, 0.717) is 43.8 Å². The van der Waals surface area contributed by atoms with Gasteiger partial charge in [0.25, 0.3) is 0 Å². The summed E-state index contributed by atoms with van der Waals surface area (Å²) in [5.74, 6) is 0.979. The maximum Gasteiger partial charge on any atom is 0.342 e. The van der Waals surface area contributed by atoms with Crippen LogP contribution in [0.15, 0.2) is 67.8 Å². The number of ether oxygens (including phenoxy) is 6. The molecule has 1 unspecified atom stereocenters. The summed E-state index contributed by atoms with van der Waals surface area (Å²) < 4.78 is 33.9. The van der Waals surface area contributed by atoms with Crippen molar-refractivity contribution in [3.8, 4) is 11.5 Å². The third-order valence-electron chi connectivity index (χ3n) is 6.25. The molecule has 0 radical (unpaired) electrons. The van der Waals surface area contributed by atoms with Crippen molar-refractivity contribution < 1.29 is 33.2 Å². The summed E-state index contributed by atoms with van der Waals surface area (Å²) in [7, 11) is 4.76. The van der Waals surface area contributed by atoms with Gasteiger partial charge in [0.15, 0.2) is 0 Å². The molecule has 7 heteroatoms. The molecule has 0 heterocycles. The molecular weight excluding hydrogens is 484 g/mol. The zero-order valence-electron chi connectivity index (χ0n) is 23.1. The molecule has 0 aliphatic rings. The third kappa shape index (κ3) is 9.97. The van der Waals surface area contributed by atoms with Crippen LogP contribution >= 0.6 is 0 Å². The van der Waals surface area contributed by atoms with E-state index in [1.807, 2.05) is 42.5 Å². The van der Waals surface area contributed by atoms with Crippen LogP contribution < -0.4 is 9.47 Å². The second kappa shape index (κ2) is 17.4. The SMILES string of the molecule is C=CCc1cccc(OC)c1C(=O)OC(CCOCc1ccc(OC)cc1)C[C@@H](OCOC)[C@@H](C)CC=C. The van der Waals surface area contributed by atoms with E-state index < -0.39 is 12.1 Å². The number of hydrogen-bond donors (Lipinski definition) is 0. The van der Waals surface area contributed by atoms with Crippen LogP contribution in [0.3, 0.4) is 0 Å². The van der Waals surface area contributed by atoms with E-state index in [2.05, 4.69) is 20.1 Å². The van der Waals surface area contributed by atoms with Gasteiger partial charge in [0.2, 0.25) is 0 Å². The Balaban J connectivity index is 2.18. The fraction of sp³-hybridized carbons (Fsp3) is 0.452. The summed E-state index contributed by atoms with van der Waals surface area (Å²) in [5, 5.41) is 0. The van der Waals surface area contributed by atoms with E-state index in [-0.39, 0.29) is 18.8 Å². The van der Waals surface area contributed by atoms with Crippen molar-refractivity contribution in [2.75, 3.05) is 34.7 Å². The zero-order valence-corrected chi connectivity index (χ0v) is 23.1. The number of benzene rings is 2. The largest absolute Gasteiger partial charge is 0.497 e. The van der Waals surface area contributed by atoms with Gasteiger partial charge in [0.05, 0.1) is 33.5 Å². The molecule has 2 aromatic rings. The normalized spacial score (nSPS) is 13.3. The summed E-state index contributed by atoms with van der Waals surface area (Å²) in [6.45, 7) is 10.7. The highest BCUT2D eigenvalue weighted by atomic mass is 16.7. The Morgan fingerprint density at radius 2 is 1.76 bits per heavy atom. The lowest BCUT2D eigenvalue weighted by Crippen LogP contribution is -2.31. The van der Waals surface area contributed by atoms with Crippen LogP contribution in [0.5, 0.6) is 11.5 Å². The predicted octanol–water partition coefficient (Wildman–Crippen LogP) is 6.16. The fourth-order valence-corrected chi connectivity index (χ4v) is 4.16. The van der Waals surface area contributed by atoms with E-state index in [1.165, 1.54) is 0 Å². The van der Waals surface area contributed by atoms with Crippen LogP contribution in [0.25, 0.3) is 0 Å². The number of allylic oxidation sites excluding steroid dienone is 2. The summed E-state index contributed by atoms with van der Waals surface area (Å²) in [6.07, 6.45) is 5.24. The molecule has 0 fully saturated rings. The average molecular weight is 527 g/mol. The molecular formula is C31H42O7. The van der Waals surface area contributed by atoms with E-state index in [4.69, 9.17) is 28.4 Å². The quantitative estimate of drug-likeness (QED) is 0.0940. The first-order valence-corrected chi connectivity index (χ1v) is 12.9. The van der Waals surface area contributed by atoms with Gasteiger partial charge in [0.1, 0.15) is 30.0 Å². The number of methoxy groups -OCH3 is 3. The van der Waals surface area contributed by atoms with Crippen LogP contribution in [0, 0.1) is 5.92 Å². The molecule has 0 bridgehead atoms. The van der Waals surface area contributed by atoms with Gasteiger partial charge in [-0.25, -0.2) is 4.79 Å². The van der Waals surface area contributed by atoms with Crippen LogP contribution in [-0.4, -0.2) is 52.9 Å². The number of carbonyl (C=O) groups excluding carboxylic acids is 1. The molecule has 2 rings (SSSR count). The summed E-state index contributed by atoms with van der Waals surface area (Å²) in [6, 6.07) is 13.2. The maximum atomic E-state index is 13.5. The molecule has 0 saturated carbocycles. The third-order valence-corrected chi connectivity index (χ3v) is 6.25. The average Bonchev–Trinajstić information content (AvgIpc) is 2.93. The summed E-state index contributed by atoms with van der Waals surface area (Å²) in [5.41, 5.74) is 2.24. The molecule has 0 aliphatic carbocycles. The Morgan fingerprint density at radius 3 is 2.39 bits per heavy atom. The summed E-state index contributed by atoms with van der Waals surface area (Å²) in [4.78, 5) is 13.5. The van der Waals surface area contributed by atoms with Gasteiger partial charge < -0.3 is 28.4 Å². The Bertz CT molecular complexity index is 986. The lowest BCUT2D eigenvalue weighted by molar-refractivity contribution is -0.104. The van der Waals surface area contributed by atoms with Gasteiger partial charge in [0, 0.05) is 20.0 Å². The lowest BCUT2D eigenvalue weighted by atomic mass is 9.94. The molecule has 7 nitrogen and oxygen atoms in total. The van der Waals surface area contributed by atoms with Crippen LogP contribution in [0.2, 0.25) is 0 Å². The topological polar surface area (TPSA) is 72.5 Å². The van der Waals surface area contributed by atoms with Crippen molar-refractivity contribution in [3.05, 3.63) is 84.5 Å². The van der Waals surface area contributed by atoms with Crippen molar-refractivity contribution in [1.82, 2.24) is 0 Å². The zero-order chi connectivity index (χ0) is 27.8.